The molecule has 4 nitrogen and oxygen atoms in total. The Balaban J connectivity index is 1.74. The van der Waals surface area contributed by atoms with Crippen LogP contribution in [-0.4, -0.2) is 40.9 Å². The van der Waals surface area contributed by atoms with E-state index in [4.69, 9.17) is 0 Å². The Bertz CT molecular complexity index is 304. The van der Waals surface area contributed by atoms with E-state index in [1.807, 2.05) is 6.92 Å². The van der Waals surface area contributed by atoms with Crippen molar-refractivity contribution in [2.75, 3.05) is 32.0 Å². The highest BCUT2D eigenvalue weighted by molar-refractivity contribution is 7.09. The summed E-state index contributed by atoms with van der Waals surface area (Å²) in [6.07, 6.45) is 2.59. The third-order valence-corrected chi connectivity index (χ3v) is 3.67. The second kappa shape index (κ2) is 4.90. The summed E-state index contributed by atoms with van der Waals surface area (Å²) < 4.78 is 4.15. The fourth-order valence-corrected chi connectivity index (χ4v) is 2.45. The topological polar surface area (TPSA) is 41.1 Å². The van der Waals surface area contributed by atoms with Gasteiger partial charge in [-0.25, -0.2) is 4.98 Å². The number of hydrogen-bond donors (Lipinski definition) is 1. The molecule has 84 valence electrons. The summed E-state index contributed by atoms with van der Waals surface area (Å²) in [5.74, 6) is 1.66. The average Bonchev–Trinajstić information content (AvgIpc) is 2.64. The molecule has 1 aliphatic rings. The van der Waals surface area contributed by atoms with Crippen LogP contribution in [0.15, 0.2) is 0 Å². The third-order valence-electron chi connectivity index (χ3n) is 2.91. The van der Waals surface area contributed by atoms with Crippen LogP contribution in [0.25, 0.3) is 0 Å². The van der Waals surface area contributed by atoms with E-state index >= 15 is 0 Å². The van der Waals surface area contributed by atoms with Crippen LogP contribution in [0, 0.1) is 12.8 Å². The molecule has 1 aromatic rings. The molecule has 1 fully saturated rings. The zero-order valence-electron chi connectivity index (χ0n) is 9.36. The smallest absolute Gasteiger partial charge is 0.202 e. The third kappa shape index (κ3) is 3.14. The van der Waals surface area contributed by atoms with E-state index in [-0.39, 0.29) is 0 Å². The van der Waals surface area contributed by atoms with Gasteiger partial charge in [0.15, 0.2) is 0 Å². The van der Waals surface area contributed by atoms with E-state index in [0.717, 1.165) is 23.4 Å². The number of piperidine rings is 1. The predicted octanol–water partition coefficient (Wildman–Crippen LogP) is 1.60. The van der Waals surface area contributed by atoms with Crippen LogP contribution in [0.5, 0.6) is 0 Å². The van der Waals surface area contributed by atoms with E-state index in [9.17, 15) is 0 Å². The molecule has 0 atom stereocenters. The van der Waals surface area contributed by atoms with Gasteiger partial charge in [0.2, 0.25) is 5.13 Å². The number of likely N-dealkylation sites (tertiary alicyclic amines) is 1. The van der Waals surface area contributed by atoms with Crippen LogP contribution in [0.1, 0.15) is 18.7 Å². The molecule has 0 bridgehead atoms. The second-order valence-electron chi connectivity index (χ2n) is 4.27. The van der Waals surface area contributed by atoms with E-state index in [1.54, 1.807) is 0 Å². The van der Waals surface area contributed by atoms with E-state index in [2.05, 4.69) is 26.6 Å². The van der Waals surface area contributed by atoms with Crippen molar-refractivity contribution in [3.05, 3.63) is 5.82 Å². The first-order chi connectivity index (χ1) is 7.24. The van der Waals surface area contributed by atoms with Crippen LogP contribution in [0.3, 0.4) is 0 Å². The Morgan fingerprint density at radius 2 is 2.20 bits per heavy atom. The van der Waals surface area contributed by atoms with Gasteiger partial charge in [-0.05, 0) is 45.8 Å². The summed E-state index contributed by atoms with van der Waals surface area (Å²) in [6.45, 7) is 5.42. The molecule has 0 aromatic carbocycles. The number of anilines is 1. The fourth-order valence-electron chi connectivity index (χ4n) is 1.87. The molecule has 0 amide bonds. The van der Waals surface area contributed by atoms with Crippen molar-refractivity contribution in [3.8, 4) is 0 Å². The summed E-state index contributed by atoms with van der Waals surface area (Å²) in [5.41, 5.74) is 0. The lowest BCUT2D eigenvalue weighted by molar-refractivity contribution is 0.226. The molecule has 0 spiro atoms. The Morgan fingerprint density at radius 1 is 1.47 bits per heavy atom. The number of nitrogens with one attached hydrogen (secondary N) is 1. The molecule has 5 heteroatoms. The van der Waals surface area contributed by atoms with Gasteiger partial charge in [-0.2, -0.15) is 4.37 Å². The zero-order chi connectivity index (χ0) is 10.7. The lowest BCUT2D eigenvalue weighted by atomic mass is 9.97. The molecule has 1 N–H and O–H groups in total. The van der Waals surface area contributed by atoms with Gasteiger partial charge in [-0.15, -0.1) is 0 Å². The summed E-state index contributed by atoms with van der Waals surface area (Å²) in [6, 6.07) is 0. The second-order valence-corrected chi connectivity index (χ2v) is 5.03. The van der Waals surface area contributed by atoms with Crippen LogP contribution < -0.4 is 5.32 Å². The van der Waals surface area contributed by atoms with Crippen molar-refractivity contribution in [1.82, 2.24) is 14.3 Å². The van der Waals surface area contributed by atoms with Gasteiger partial charge >= 0.3 is 0 Å². The van der Waals surface area contributed by atoms with Crippen LogP contribution >= 0.6 is 11.5 Å². The maximum Gasteiger partial charge on any atom is 0.202 e. The SMILES string of the molecule is Cc1nsc(NCC2CCN(C)CC2)n1. The number of rotatable bonds is 3. The Hall–Kier alpha value is -0.680. The zero-order valence-corrected chi connectivity index (χ0v) is 10.2. The highest BCUT2D eigenvalue weighted by Gasteiger charge is 2.16. The summed E-state index contributed by atoms with van der Waals surface area (Å²) >= 11 is 1.46. The molecule has 0 radical (unpaired) electrons. The van der Waals surface area contributed by atoms with E-state index in [1.165, 1.54) is 37.5 Å². The molecular formula is C10H18N4S. The first kappa shape index (κ1) is 10.8. The molecule has 2 heterocycles. The minimum absolute atomic E-state index is 0.797. The van der Waals surface area contributed by atoms with E-state index in [0.29, 0.717) is 0 Å². The van der Waals surface area contributed by atoms with Crippen molar-refractivity contribution in [2.45, 2.75) is 19.8 Å². The number of aryl methyl sites for hydroxylation is 1. The number of aromatic nitrogens is 2. The standard InChI is InChI=1S/C10H18N4S/c1-8-12-10(15-13-8)11-7-9-3-5-14(2)6-4-9/h9H,3-7H2,1-2H3,(H,11,12,13). The van der Waals surface area contributed by atoms with E-state index < -0.39 is 0 Å². The molecule has 1 aromatic heterocycles. The molecule has 0 unspecified atom stereocenters. The number of nitrogens with zero attached hydrogens (tertiary/aromatic N) is 3. The molecule has 1 aliphatic heterocycles. The minimum atomic E-state index is 0.797. The summed E-state index contributed by atoms with van der Waals surface area (Å²) in [7, 11) is 2.19. The monoisotopic (exact) mass is 226 g/mol. The Kier molecular flexibility index (Phi) is 3.53. The summed E-state index contributed by atoms with van der Waals surface area (Å²) in [4.78, 5) is 6.69. The van der Waals surface area contributed by atoms with Gasteiger partial charge in [-0.1, -0.05) is 0 Å². The van der Waals surface area contributed by atoms with Crippen molar-refractivity contribution >= 4 is 16.7 Å². The molecular weight excluding hydrogens is 208 g/mol. The molecule has 15 heavy (non-hydrogen) atoms. The minimum Gasteiger partial charge on any atom is -0.360 e. The number of hydrogen-bond acceptors (Lipinski definition) is 5. The molecule has 2 rings (SSSR count). The molecule has 0 saturated carbocycles. The van der Waals surface area contributed by atoms with Crippen LogP contribution in [0.2, 0.25) is 0 Å². The Morgan fingerprint density at radius 3 is 2.80 bits per heavy atom. The van der Waals surface area contributed by atoms with Gasteiger partial charge in [0.25, 0.3) is 0 Å². The lowest BCUT2D eigenvalue weighted by Gasteiger charge is -2.28. The quantitative estimate of drug-likeness (QED) is 0.850. The van der Waals surface area contributed by atoms with Crippen molar-refractivity contribution in [1.29, 1.82) is 0 Å². The lowest BCUT2D eigenvalue weighted by Crippen LogP contribution is -2.32. The highest BCUT2D eigenvalue weighted by atomic mass is 32.1. The van der Waals surface area contributed by atoms with Crippen molar-refractivity contribution in [3.63, 3.8) is 0 Å². The largest absolute Gasteiger partial charge is 0.360 e. The normalized spacial score (nSPS) is 19.3. The van der Waals surface area contributed by atoms with Crippen LogP contribution in [0.4, 0.5) is 5.13 Å². The summed E-state index contributed by atoms with van der Waals surface area (Å²) in [5, 5.41) is 4.34. The van der Waals surface area contributed by atoms with Crippen molar-refractivity contribution in [2.24, 2.45) is 5.92 Å². The molecule has 0 aliphatic carbocycles. The maximum absolute atomic E-state index is 4.30. The van der Waals surface area contributed by atoms with Crippen LogP contribution in [-0.2, 0) is 0 Å². The first-order valence-corrected chi connectivity index (χ1v) is 6.24. The predicted molar refractivity (Wildman–Crippen MR) is 63.4 cm³/mol. The van der Waals surface area contributed by atoms with Gasteiger partial charge in [-0.3, -0.25) is 0 Å². The fraction of sp³-hybridized carbons (Fsp3) is 0.800. The average molecular weight is 226 g/mol. The van der Waals surface area contributed by atoms with Gasteiger partial charge in [0, 0.05) is 18.1 Å². The Labute approximate surface area is 94.9 Å². The van der Waals surface area contributed by atoms with Gasteiger partial charge in [0.1, 0.15) is 5.82 Å². The van der Waals surface area contributed by atoms with Crippen molar-refractivity contribution < 1.29 is 0 Å². The first-order valence-electron chi connectivity index (χ1n) is 5.47. The highest BCUT2D eigenvalue weighted by Crippen LogP contribution is 2.17. The maximum atomic E-state index is 4.30. The molecule has 1 saturated heterocycles. The van der Waals surface area contributed by atoms with Gasteiger partial charge in [0.05, 0.1) is 0 Å². The van der Waals surface area contributed by atoms with Gasteiger partial charge < -0.3 is 10.2 Å².